The Bertz CT molecular complexity index is 716. The van der Waals surface area contributed by atoms with E-state index in [1.54, 1.807) is 23.6 Å². The molecule has 2 heterocycles. The van der Waals surface area contributed by atoms with Crippen molar-refractivity contribution in [3.8, 4) is 0 Å². The van der Waals surface area contributed by atoms with Crippen molar-refractivity contribution in [3.63, 3.8) is 0 Å². The fourth-order valence-electron chi connectivity index (χ4n) is 1.86. The second-order valence-corrected chi connectivity index (χ2v) is 5.56. The van der Waals surface area contributed by atoms with Crippen molar-refractivity contribution < 1.29 is 4.79 Å². The zero-order chi connectivity index (χ0) is 13.9. The lowest BCUT2D eigenvalue weighted by atomic mass is 10.2. The van der Waals surface area contributed by atoms with Gasteiger partial charge in [-0.1, -0.05) is 12.1 Å². The Morgan fingerprint density at radius 3 is 2.85 bits per heavy atom. The maximum absolute atomic E-state index is 12.0. The van der Waals surface area contributed by atoms with E-state index in [0.717, 1.165) is 20.9 Å². The standard InChI is InChI=1S/C15H13N3OS/c1-10-6-7-11(8-16-10)15(19)17-9-14-18-12-4-2-3-5-13(12)20-14/h2-8H,9H2,1H3,(H,17,19). The highest BCUT2D eigenvalue weighted by Gasteiger charge is 2.08. The molecule has 0 fully saturated rings. The number of rotatable bonds is 3. The third kappa shape index (κ3) is 2.67. The summed E-state index contributed by atoms with van der Waals surface area (Å²) in [5.41, 5.74) is 2.43. The fraction of sp³-hybridized carbons (Fsp3) is 0.133. The van der Waals surface area contributed by atoms with E-state index in [0.29, 0.717) is 12.1 Å². The Morgan fingerprint density at radius 2 is 2.10 bits per heavy atom. The van der Waals surface area contributed by atoms with Gasteiger partial charge in [0.15, 0.2) is 0 Å². The summed E-state index contributed by atoms with van der Waals surface area (Å²) in [5, 5.41) is 3.77. The van der Waals surface area contributed by atoms with Gasteiger partial charge < -0.3 is 5.32 Å². The molecular formula is C15H13N3OS. The van der Waals surface area contributed by atoms with Crippen molar-refractivity contribution in [2.24, 2.45) is 0 Å². The highest BCUT2D eigenvalue weighted by molar-refractivity contribution is 7.18. The molecule has 0 atom stereocenters. The van der Waals surface area contributed by atoms with Crippen LogP contribution in [0.3, 0.4) is 0 Å². The second-order valence-electron chi connectivity index (χ2n) is 4.45. The number of nitrogens with zero attached hydrogens (tertiary/aromatic N) is 2. The lowest BCUT2D eigenvalue weighted by Gasteiger charge is -2.02. The first-order valence-corrected chi connectivity index (χ1v) is 7.09. The van der Waals surface area contributed by atoms with E-state index in [-0.39, 0.29) is 5.91 Å². The minimum Gasteiger partial charge on any atom is -0.345 e. The van der Waals surface area contributed by atoms with Crippen LogP contribution in [-0.4, -0.2) is 15.9 Å². The number of aryl methyl sites for hydroxylation is 1. The summed E-state index contributed by atoms with van der Waals surface area (Å²) in [5.74, 6) is -0.128. The first kappa shape index (κ1) is 12.7. The van der Waals surface area contributed by atoms with Gasteiger partial charge in [0.25, 0.3) is 5.91 Å². The third-order valence-corrected chi connectivity index (χ3v) is 3.95. The normalized spacial score (nSPS) is 10.7. The van der Waals surface area contributed by atoms with Crippen LogP contribution in [0.1, 0.15) is 21.1 Å². The number of aromatic nitrogens is 2. The van der Waals surface area contributed by atoms with Crippen LogP contribution in [0.4, 0.5) is 0 Å². The van der Waals surface area contributed by atoms with Crippen molar-refractivity contribution in [1.82, 2.24) is 15.3 Å². The topological polar surface area (TPSA) is 54.9 Å². The van der Waals surface area contributed by atoms with Crippen LogP contribution in [0.25, 0.3) is 10.2 Å². The molecule has 5 heteroatoms. The SMILES string of the molecule is Cc1ccc(C(=O)NCc2nc3ccccc3s2)cn1. The van der Waals surface area contributed by atoms with Crippen LogP contribution in [-0.2, 0) is 6.54 Å². The van der Waals surface area contributed by atoms with Gasteiger partial charge >= 0.3 is 0 Å². The molecule has 20 heavy (non-hydrogen) atoms. The molecule has 0 aliphatic rings. The minimum absolute atomic E-state index is 0.128. The molecule has 1 N–H and O–H groups in total. The van der Waals surface area contributed by atoms with Gasteiger partial charge in [0.1, 0.15) is 5.01 Å². The summed E-state index contributed by atoms with van der Waals surface area (Å²) in [7, 11) is 0. The quantitative estimate of drug-likeness (QED) is 0.804. The van der Waals surface area contributed by atoms with Crippen molar-refractivity contribution in [2.45, 2.75) is 13.5 Å². The molecule has 0 unspecified atom stereocenters. The van der Waals surface area contributed by atoms with Crippen LogP contribution in [0, 0.1) is 6.92 Å². The zero-order valence-electron chi connectivity index (χ0n) is 11.0. The number of nitrogens with one attached hydrogen (secondary N) is 1. The van der Waals surface area contributed by atoms with Crippen molar-refractivity contribution in [2.75, 3.05) is 0 Å². The number of para-hydroxylation sites is 1. The summed E-state index contributed by atoms with van der Waals surface area (Å²) >= 11 is 1.60. The van der Waals surface area contributed by atoms with Gasteiger partial charge in [-0.2, -0.15) is 0 Å². The maximum atomic E-state index is 12.0. The maximum Gasteiger partial charge on any atom is 0.253 e. The molecule has 0 aliphatic carbocycles. The molecule has 0 radical (unpaired) electrons. The molecule has 3 aromatic rings. The molecule has 0 aliphatic heterocycles. The summed E-state index contributed by atoms with van der Waals surface area (Å²) in [6, 6.07) is 11.6. The predicted molar refractivity (Wildman–Crippen MR) is 79.8 cm³/mol. The molecular weight excluding hydrogens is 270 g/mol. The number of pyridine rings is 1. The summed E-state index contributed by atoms with van der Waals surface area (Å²) < 4.78 is 1.13. The first-order chi connectivity index (χ1) is 9.72. The second kappa shape index (κ2) is 5.38. The molecule has 100 valence electrons. The Morgan fingerprint density at radius 1 is 1.25 bits per heavy atom. The number of carbonyl (C=O) groups is 1. The fourth-order valence-corrected chi connectivity index (χ4v) is 2.76. The Balaban J connectivity index is 1.69. The van der Waals surface area contributed by atoms with Gasteiger partial charge in [-0.3, -0.25) is 9.78 Å². The Kier molecular flexibility index (Phi) is 3.43. The lowest BCUT2D eigenvalue weighted by Crippen LogP contribution is -2.22. The van der Waals surface area contributed by atoms with E-state index in [9.17, 15) is 4.79 Å². The molecule has 2 aromatic heterocycles. The number of fused-ring (bicyclic) bond motifs is 1. The van der Waals surface area contributed by atoms with E-state index in [1.165, 1.54) is 0 Å². The first-order valence-electron chi connectivity index (χ1n) is 6.28. The summed E-state index contributed by atoms with van der Waals surface area (Å²) in [6.07, 6.45) is 1.59. The van der Waals surface area contributed by atoms with Crippen molar-refractivity contribution in [3.05, 3.63) is 58.9 Å². The van der Waals surface area contributed by atoms with E-state index < -0.39 is 0 Å². The van der Waals surface area contributed by atoms with Gasteiger partial charge in [-0.25, -0.2) is 4.98 Å². The molecule has 4 nitrogen and oxygen atoms in total. The smallest absolute Gasteiger partial charge is 0.253 e. The summed E-state index contributed by atoms with van der Waals surface area (Å²) in [4.78, 5) is 20.6. The van der Waals surface area contributed by atoms with Gasteiger partial charge in [-0.05, 0) is 31.2 Å². The lowest BCUT2D eigenvalue weighted by molar-refractivity contribution is 0.0950. The minimum atomic E-state index is -0.128. The predicted octanol–water partition coefficient (Wildman–Crippen LogP) is 2.93. The molecule has 0 spiro atoms. The van der Waals surface area contributed by atoms with E-state index in [4.69, 9.17) is 0 Å². The van der Waals surface area contributed by atoms with Gasteiger partial charge in [0, 0.05) is 11.9 Å². The van der Waals surface area contributed by atoms with Crippen LogP contribution >= 0.6 is 11.3 Å². The summed E-state index contributed by atoms with van der Waals surface area (Å²) in [6.45, 7) is 2.33. The average Bonchev–Trinajstić information content (AvgIpc) is 2.88. The molecule has 0 bridgehead atoms. The van der Waals surface area contributed by atoms with Crippen LogP contribution < -0.4 is 5.32 Å². The number of hydrogen-bond donors (Lipinski definition) is 1. The molecule has 3 rings (SSSR count). The molecule has 1 amide bonds. The number of carbonyl (C=O) groups excluding carboxylic acids is 1. The molecule has 0 saturated carbocycles. The average molecular weight is 283 g/mol. The van der Waals surface area contributed by atoms with Crippen molar-refractivity contribution in [1.29, 1.82) is 0 Å². The van der Waals surface area contributed by atoms with Crippen LogP contribution in [0.15, 0.2) is 42.6 Å². The van der Waals surface area contributed by atoms with Gasteiger partial charge in [0.2, 0.25) is 0 Å². The number of benzene rings is 1. The van der Waals surface area contributed by atoms with Crippen LogP contribution in [0.2, 0.25) is 0 Å². The third-order valence-electron chi connectivity index (χ3n) is 2.91. The van der Waals surface area contributed by atoms with Crippen molar-refractivity contribution >= 4 is 27.5 Å². The largest absolute Gasteiger partial charge is 0.345 e. The number of hydrogen-bond acceptors (Lipinski definition) is 4. The Labute approximate surface area is 120 Å². The number of thiazole rings is 1. The highest BCUT2D eigenvalue weighted by Crippen LogP contribution is 2.21. The van der Waals surface area contributed by atoms with E-state index >= 15 is 0 Å². The monoisotopic (exact) mass is 283 g/mol. The molecule has 1 aromatic carbocycles. The van der Waals surface area contributed by atoms with Gasteiger partial charge in [0.05, 0.1) is 22.3 Å². The number of amides is 1. The van der Waals surface area contributed by atoms with Gasteiger partial charge in [-0.15, -0.1) is 11.3 Å². The zero-order valence-corrected chi connectivity index (χ0v) is 11.8. The van der Waals surface area contributed by atoms with E-state index in [2.05, 4.69) is 15.3 Å². The highest BCUT2D eigenvalue weighted by atomic mass is 32.1. The molecule has 0 saturated heterocycles. The van der Waals surface area contributed by atoms with E-state index in [1.807, 2.05) is 37.3 Å². The Hall–Kier alpha value is -2.27. The van der Waals surface area contributed by atoms with Crippen LogP contribution in [0.5, 0.6) is 0 Å².